The standard InChI is InChI=1S/C20H21N3O2S/c1-12-8-10-14(11-9-12)22-19(24)17-13(2)21-20(26)23-18(17)15-6-4-5-7-16(15)25-3/h4-11,18H,1-3H3,(H,22,24)(H2,21,23,26). The van der Waals surface area contributed by atoms with Crippen LogP contribution in [0.5, 0.6) is 5.75 Å². The third-order valence-corrected chi connectivity index (χ3v) is 4.49. The molecule has 1 aliphatic rings. The third-order valence-electron chi connectivity index (χ3n) is 4.27. The number of amides is 1. The lowest BCUT2D eigenvalue weighted by molar-refractivity contribution is -0.113. The quantitative estimate of drug-likeness (QED) is 0.723. The minimum absolute atomic E-state index is 0.190. The Morgan fingerprint density at radius 3 is 2.50 bits per heavy atom. The second-order valence-corrected chi connectivity index (χ2v) is 6.54. The summed E-state index contributed by atoms with van der Waals surface area (Å²) in [7, 11) is 1.61. The van der Waals surface area contributed by atoms with Gasteiger partial charge < -0.3 is 20.7 Å². The van der Waals surface area contributed by atoms with Gasteiger partial charge in [0.15, 0.2) is 5.11 Å². The second-order valence-electron chi connectivity index (χ2n) is 6.13. The molecule has 1 amide bonds. The summed E-state index contributed by atoms with van der Waals surface area (Å²) in [5.41, 5.74) is 4.02. The largest absolute Gasteiger partial charge is 0.496 e. The van der Waals surface area contributed by atoms with E-state index >= 15 is 0 Å². The van der Waals surface area contributed by atoms with Crippen LogP contribution in [0.3, 0.4) is 0 Å². The highest BCUT2D eigenvalue weighted by atomic mass is 32.1. The lowest BCUT2D eigenvalue weighted by Crippen LogP contribution is -2.45. The first-order chi connectivity index (χ1) is 12.5. The molecule has 0 aromatic heterocycles. The van der Waals surface area contributed by atoms with Crippen LogP contribution in [-0.2, 0) is 4.79 Å². The summed E-state index contributed by atoms with van der Waals surface area (Å²) in [5, 5.41) is 9.66. The Balaban J connectivity index is 1.97. The van der Waals surface area contributed by atoms with Crippen LogP contribution in [0.15, 0.2) is 59.8 Å². The average molecular weight is 367 g/mol. The Bertz CT molecular complexity index is 875. The van der Waals surface area contributed by atoms with Crippen molar-refractivity contribution in [3.63, 3.8) is 0 Å². The number of methoxy groups -OCH3 is 1. The van der Waals surface area contributed by atoms with Crippen LogP contribution in [0.25, 0.3) is 0 Å². The van der Waals surface area contributed by atoms with Gasteiger partial charge in [-0.2, -0.15) is 0 Å². The van der Waals surface area contributed by atoms with Crippen molar-refractivity contribution in [1.82, 2.24) is 10.6 Å². The molecule has 2 aromatic rings. The highest BCUT2D eigenvalue weighted by Gasteiger charge is 2.31. The molecule has 0 spiro atoms. The Hall–Kier alpha value is -2.86. The van der Waals surface area contributed by atoms with Gasteiger partial charge >= 0.3 is 0 Å². The van der Waals surface area contributed by atoms with Crippen molar-refractivity contribution in [2.24, 2.45) is 0 Å². The number of allylic oxidation sites excluding steroid dienone is 1. The van der Waals surface area contributed by atoms with E-state index in [1.807, 2.05) is 62.4 Å². The number of carbonyl (C=O) groups excluding carboxylic acids is 1. The Labute approximate surface area is 158 Å². The molecule has 134 valence electrons. The summed E-state index contributed by atoms with van der Waals surface area (Å²) < 4.78 is 5.47. The molecular weight excluding hydrogens is 346 g/mol. The number of para-hydroxylation sites is 1. The second kappa shape index (κ2) is 7.58. The molecule has 26 heavy (non-hydrogen) atoms. The van der Waals surface area contributed by atoms with Gasteiger partial charge in [0.2, 0.25) is 0 Å². The molecule has 5 nitrogen and oxygen atoms in total. The summed E-state index contributed by atoms with van der Waals surface area (Å²) >= 11 is 5.29. The van der Waals surface area contributed by atoms with Crippen LogP contribution in [0.4, 0.5) is 5.69 Å². The molecule has 1 aliphatic heterocycles. The normalized spacial score (nSPS) is 16.6. The molecule has 0 radical (unpaired) electrons. The molecule has 0 saturated heterocycles. The van der Waals surface area contributed by atoms with Crippen molar-refractivity contribution in [2.45, 2.75) is 19.9 Å². The van der Waals surface area contributed by atoms with Gasteiger partial charge in [-0.15, -0.1) is 0 Å². The van der Waals surface area contributed by atoms with Gasteiger partial charge in [0.1, 0.15) is 5.75 Å². The number of benzene rings is 2. The van der Waals surface area contributed by atoms with Crippen molar-refractivity contribution < 1.29 is 9.53 Å². The first-order valence-electron chi connectivity index (χ1n) is 8.29. The molecule has 1 unspecified atom stereocenters. The summed E-state index contributed by atoms with van der Waals surface area (Å²) in [6.07, 6.45) is 0. The topological polar surface area (TPSA) is 62.4 Å². The number of rotatable bonds is 4. The average Bonchev–Trinajstić information content (AvgIpc) is 2.62. The van der Waals surface area contributed by atoms with Crippen molar-refractivity contribution in [1.29, 1.82) is 0 Å². The molecule has 0 fully saturated rings. The fourth-order valence-corrected chi connectivity index (χ4v) is 3.24. The number of nitrogens with one attached hydrogen (secondary N) is 3. The van der Waals surface area contributed by atoms with Gasteiger partial charge in [0, 0.05) is 16.9 Å². The molecule has 3 rings (SSSR count). The van der Waals surface area contributed by atoms with E-state index in [1.165, 1.54) is 0 Å². The van der Waals surface area contributed by atoms with E-state index in [9.17, 15) is 4.79 Å². The molecule has 1 heterocycles. The first-order valence-corrected chi connectivity index (χ1v) is 8.69. The Morgan fingerprint density at radius 2 is 1.81 bits per heavy atom. The van der Waals surface area contributed by atoms with Crippen LogP contribution in [0.2, 0.25) is 0 Å². The monoisotopic (exact) mass is 367 g/mol. The van der Waals surface area contributed by atoms with E-state index in [0.717, 1.165) is 16.8 Å². The van der Waals surface area contributed by atoms with Crippen molar-refractivity contribution in [3.8, 4) is 5.75 Å². The van der Waals surface area contributed by atoms with E-state index in [1.54, 1.807) is 7.11 Å². The van der Waals surface area contributed by atoms with E-state index in [-0.39, 0.29) is 5.91 Å². The maximum absolute atomic E-state index is 13.0. The zero-order valence-electron chi connectivity index (χ0n) is 14.9. The van der Waals surface area contributed by atoms with E-state index < -0.39 is 6.04 Å². The van der Waals surface area contributed by atoms with Gasteiger partial charge in [0.05, 0.1) is 18.7 Å². The van der Waals surface area contributed by atoms with Gasteiger partial charge in [-0.3, -0.25) is 4.79 Å². The predicted octanol–water partition coefficient (Wildman–Crippen LogP) is 3.44. The lowest BCUT2D eigenvalue weighted by Gasteiger charge is -2.31. The summed E-state index contributed by atoms with van der Waals surface area (Å²) in [5.74, 6) is 0.507. The smallest absolute Gasteiger partial charge is 0.255 e. The van der Waals surface area contributed by atoms with Gasteiger partial charge in [0.25, 0.3) is 5.91 Å². The minimum atomic E-state index is -0.398. The van der Waals surface area contributed by atoms with Gasteiger partial charge in [-0.1, -0.05) is 35.9 Å². The Morgan fingerprint density at radius 1 is 1.12 bits per heavy atom. The molecule has 2 aromatic carbocycles. The zero-order valence-corrected chi connectivity index (χ0v) is 15.7. The predicted molar refractivity (Wildman–Crippen MR) is 107 cm³/mol. The molecule has 1 atom stereocenters. The number of anilines is 1. The number of hydrogen-bond donors (Lipinski definition) is 3. The molecule has 6 heteroatoms. The third kappa shape index (κ3) is 3.70. The van der Waals surface area contributed by atoms with Crippen molar-refractivity contribution in [3.05, 3.63) is 70.9 Å². The number of thiocarbonyl (C=S) groups is 1. The van der Waals surface area contributed by atoms with E-state index in [2.05, 4.69) is 16.0 Å². The fraction of sp³-hybridized carbons (Fsp3) is 0.200. The van der Waals surface area contributed by atoms with E-state index in [4.69, 9.17) is 17.0 Å². The zero-order chi connectivity index (χ0) is 18.7. The summed E-state index contributed by atoms with van der Waals surface area (Å²) in [4.78, 5) is 13.0. The maximum Gasteiger partial charge on any atom is 0.255 e. The highest BCUT2D eigenvalue weighted by molar-refractivity contribution is 7.80. The van der Waals surface area contributed by atoms with Crippen LogP contribution < -0.4 is 20.7 Å². The summed E-state index contributed by atoms with van der Waals surface area (Å²) in [6.45, 7) is 3.85. The first kappa shape index (κ1) is 17.9. The number of carbonyl (C=O) groups is 1. The van der Waals surface area contributed by atoms with Gasteiger partial charge in [-0.05, 0) is 44.3 Å². The maximum atomic E-state index is 13.0. The van der Waals surface area contributed by atoms with Crippen molar-refractivity contribution in [2.75, 3.05) is 12.4 Å². The van der Waals surface area contributed by atoms with Crippen LogP contribution in [0.1, 0.15) is 24.1 Å². The SMILES string of the molecule is COc1ccccc1C1NC(=S)NC(C)=C1C(=O)Nc1ccc(C)cc1. The molecule has 0 saturated carbocycles. The van der Waals surface area contributed by atoms with Crippen LogP contribution in [-0.4, -0.2) is 18.1 Å². The number of aryl methyl sites for hydroxylation is 1. The summed E-state index contributed by atoms with van der Waals surface area (Å²) in [6, 6.07) is 14.9. The Kier molecular flexibility index (Phi) is 5.23. The number of ether oxygens (including phenoxy) is 1. The molecule has 0 aliphatic carbocycles. The van der Waals surface area contributed by atoms with Crippen LogP contribution >= 0.6 is 12.2 Å². The van der Waals surface area contributed by atoms with Crippen molar-refractivity contribution >= 4 is 28.9 Å². The lowest BCUT2D eigenvalue weighted by atomic mass is 9.94. The highest BCUT2D eigenvalue weighted by Crippen LogP contribution is 2.33. The number of hydrogen-bond acceptors (Lipinski definition) is 3. The molecule has 3 N–H and O–H groups in total. The molecular formula is C20H21N3O2S. The van der Waals surface area contributed by atoms with Gasteiger partial charge in [-0.25, -0.2) is 0 Å². The van der Waals surface area contributed by atoms with E-state index in [0.29, 0.717) is 22.1 Å². The molecule has 0 bridgehead atoms. The van der Waals surface area contributed by atoms with Crippen LogP contribution in [0, 0.1) is 6.92 Å². The minimum Gasteiger partial charge on any atom is -0.496 e. The fourth-order valence-electron chi connectivity index (χ4n) is 2.97.